The van der Waals surface area contributed by atoms with Crippen molar-refractivity contribution >= 4 is 0 Å². The van der Waals surface area contributed by atoms with E-state index in [0.29, 0.717) is 135 Å². The second-order valence-corrected chi connectivity index (χ2v) is 27.1. The van der Waals surface area contributed by atoms with Gasteiger partial charge in [-0.1, -0.05) is 34.9 Å². The van der Waals surface area contributed by atoms with E-state index in [-0.39, 0.29) is 6.61 Å². The summed E-state index contributed by atoms with van der Waals surface area (Å²) in [5, 5.41) is 130. The molecule has 0 amide bonds. The maximum absolute atomic E-state index is 11.9. The third-order valence-corrected chi connectivity index (χ3v) is 17.5. The first-order valence-corrected chi connectivity index (χ1v) is 30.9. The van der Waals surface area contributed by atoms with E-state index < -0.39 is 114 Å². The van der Waals surface area contributed by atoms with Gasteiger partial charge < -0.3 is 89.7 Å². The van der Waals surface area contributed by atoms with E-state index in [0.717, 1.165) is 31.3 Å². The molecule has 0 aromatic rings. The minimum Gasteiger partial charge on any atom is -0.394 e. The molecule has 18 heteroatoms. The Morgan fingerprint density at radius 3 is 1.04 bits per heavy atom. The quantitative estimate of drug-likeness (QED) is 0.0259. The molecular formula is C64H120O18. The minimum atomic E-state index is -1.50. The second kappa shape index (κ2) is 36.1. The second-order valence-electron chi connectivity index (χ2n) is 27.1. The van der Waals surface area contributed by atoms with Gasteiger partial charge in [0.05, 0.1) is 59.0 Å². The summed E-state index contributed by atoms with van der Waals surface area (Å²) < 4.78 is 35.8. The number of hydrogen-bond donors (Lipinski definition) is 12. The Morgan fingerprint density at radius 2 is 0.720 bits per heavy atom. The van der Waals surface area contributed by atoms with Crippen LogP contribution in [-0.2, 0) is 28.4 Å². The zero-order valence-electron chi connectivity index (χ0n) is 53.1. The van der Waals surface area contributed by atoms with Crippen molar-refractivity contribution in [3.8, 4) is 0 Å². The first kappa shape index (κ1) is 76.6. The number of allylic oxidation sites excluding steroid dienone is 5. The van der Waals surface area contributed by atoms with Crippen LogP contribution in [0.5, 0.6) is 0 Å². The lowest BCUT2D eigenvalue weighted by Gasteiger charge is -2.45. The average molecular weight is 1180 g/mol. The summed E-state index contributed by atoms with van der Waals surface area (Å²) in [6, 6.07) is 0. The number of hydrogen-bond acceptors (Lipinski definition) is 18. The predicted molar refractivity (Wildman–Crippen MR) is 319 cm³/mol. The van der Waals surface area contributed by atoms with Crippen LogP contribution in [0, 0.1) is 0 Å². The van der Waals surface area contributed by atoms with Gasteiger partial charge in [-0.15, -0.1) is 0 Å². The number of aliphatic hydroxyl groups excluding tert-OH is 7. The number of methoxy groups -OCH3 is 2. The van der Waals surface area contributed by atoms with Gasteiger partial charge in [0.1, 0.15) is 48.8 Å². The molecule has 12 N–H and O–H groups in total. The molecule has 0 aromatic carbocycles. The maximum Gasteiger partial charge on any atom is 0.187 e. The number of ether oxygens (including phenoxy) is 6. The van der Waals surface area contributed by atoms with E-state index in [9.17, 15) is 56.2 Å². The molecule has 484 valence electrons. The Balaban J connectivity index is 2.10. The molecule has 0 bridgehead atoms. The van der Waals surface area contributed by atoms with Crippen LogP contribution in [0.3, 0.4) is 0 Å². The lowest BCUT2D eigenvalue weighted by molar-refractivity contribution is -0.329. The fraction of sp³-hybridized carbons (Fsp3) is 0.906. The van der Waals surface area contributed by atoms with E-state index in [2.05, 4.69) is 32.9 Å². The summed E-state index contributed by atoms with van der Waals surface area (Å²) in [7, 11) is 2.74. The molecule has 0 saturated carbocycles. The van der Waals surface area contributed by atoms with Crippen LogP contribution in [-0.4, -0.2) is 196 Å². The van der Waals surface area contributed by atoms with Crippen LogP contribution in [0.1, 0.15) is 237 Å². The van der Waals surface area contributed by atoms with Gasteiger partial charge in [-0.25, -0.2) is 0 Å². The van der Waals surface area contributed by atoms with Gasteiger partial charge in [-0.2, -0.15) is 0 Å². The zero-order valence-corrected chi connectivity index (χ0v) is 53.1. The zero-order chi connectivity index (χ0) is 62.2. The molecule has 2 heterocycles. The molecule has 2 aliphatic heterocycles. The van der Waals surface area contributed by atoms with Crippen molar-refractivity contribution in [3.05, 3.63) is 34.9 Å². The molecule has 18 nitrogen and oxygen atoms in total. The third-order valence-electron chi connectivity index (χ3n) is 17.5. The van der Waals surface area contributed by atoms with Gasteiger partial charge in [0.25, 0.3) is 0 Å². The summed E-state index contributed by atoms with van der Waals surface area (Å²) in [5.41, 5.74) is -3.23. The smallest absolute Gasteiger partial charge is 0.187 e. The van der Waals surface area contributed by atoms with Crippen molar-refractivity contribution in [2.45, 2.75) is 337 Å². The monoisotopic (exact) mass is 1180 g/mol. The van der Waals surface area contributed by atoms with Crippen molar-refractivity contribution in [1.29, 1.82) is 0 Å². The lowest BCUT2D eigenvalue weighted by atomic mass is 9.83. The van der Waals surface area contributed by atoms with E-state index in [1.165, 1.54) is 25.4 Å². The molecule has 17 unspecified atom stereocenters. The van der Waals surface area contributed by atoms with Gasteiger partial charge in [-0.05, 0) is 237 Å². The molecule has 17 atom stereocenters. The first-order valence-electron chi connectivity index (χ1n) is 30.9. The van der Waals surface area contributed by atoms with Crippen LogP contribution in [0.4, 0.5) is 0 Å². The number of aliphatic hydroxyl groups is 12. The highest BCUT2D eigenvalue weighted by Crippen LogP contribution is 2.38. The summed E-state index contributed by atoms with van der Waals surface area (Å²) in [6.45, 7) is 20.1. The van der Waals surface area contributed by atoms with Crippen molar-refractivity contribution in [3.63, 3.8) is 0 Å². The fourth-order valence-corrected chi connectivity index (χ4v) is 12.0. The highest BCUT2D eigenvalue weighted by molar-refractivity contribution is 5.03. The van der Waals surface area contributed by atoms with Crippen molar-refractivity contribution in [2.75, 3.05) is 34.0 Å². The normalized spacial score (nSPS) is 29.1. The summed E-state index contributed by atoms with van der Waals surface area (Å²) in [6.07, 6.45) is 8.26. The van der Waals surface area contributed by atoms with Crippen LogP contribution < -0.4 is 0 Å². The molecule has 0 radical (unpaired) electrons. The van der Waals surface area contributed by atoms with Gasteiger partial charge in [0.2, 0.25) is 0 Å². The van der Waals surface area contributed by atoms with E-state index in [1.807, 2.05) is 34.6 Å². The largest absolute Gasteiger partial charge is 0.394 e. The fourth-order valence-electron chi connectivity index (χ4n) is 12.0. The summed E-state index contributed by atoms with van der Waals surface area (Å²) in [5.74, 6) is 0. The standard InChI is InChI=1S/C64H120O18/c1-45(2)23-14-24-46(3)26-16-38-63(10,81-56-52(70)50(68)54(77-12)48(43-66)79-56)39-20-36-62(9,76)37-22-41-64(11,82-57-53(71)51(69)55(78-13)49(44-67)80-57)40-21-35-61(8,75)34-19-33-60(7,74)32-18-31-59(6,73)30-17-29-58(5,72)28-15-25-47(4)27-42-65/h23,26-27,48-57,65-76H,14-22,24-25,28-44H2,1-13H3/b46-26+,47-27+. The van der Waals surface area contributed by atoms with Gasteiger partial charge in [-0.3, -0.25) is 0 Å². The maximum atomic E-state index is 11.9. The molecule has 2 rings (SSSR count). The van der Waals surface area contributed by atoms with Crippen LogP contribution in [0.25, 0.3) is 0 Å². The van der Waals surface area contributed by atoms with Crippen LogP contribution in [0.2, 0.25) is 0 Å². The molecule has 2 aliphatic rings. The van der Waals surface area contributed by atoms with E-state index in [1.54, 1.807) is 26.8 Å². The highest BCUT2D eigenvalue weighted by Gasteiger charge is 2.49. The Kier molecular flexibility index (Phi) is 33.7. The number of rotatable bonds is 43. The predicted octanol–water partition coefficient (Wildman–Crippen LogP) is 7.80. The Bertz CT molecular complexity index is 1840. The van der Waals surface area contributed by atoms with E-state index in [4.69, 9.17) is 33.5 Å². The Morgan fingerprint density at radius 1 is 0.402 bits per heavy atom. The van der Waals surface area contributed by atoms with Crippen molar-refractivity contribution in [2.24, 2.45) is 0 Å². The van der Waals surface area contributed by atoms with Crippen molar-refractivity contribution in [1.82, 2.24) is 0 Å². The van der Waals surface area contributed by atoms with Gasteiger partial charge in [0, 0.05) is 14.2 Å². The summed E-state index contributed by atoms with van der Waals surface area (Å²) >= 11 is 0. The lowest BCUT2D eigenvalue weighted by Crippen LogP contribution is -2.61. The SMILES string of the molecule is COC1C(CO)OC(OC(C)(CC/C=C(\C)CCC=C(C)C)CCCC(C)(O)CCCC(C)(CCCC(C)(O)CCCC(C)(O)CCCC(C)(O)CCCC(C)(O)CCC/C(C)=C/CO)OC2OC(CO)C(OC)C(O)C2O)C(O)C1O. The molecule has 0 aromatic heterocycles. The topological polar surface area (TPSA) is 298 Å². The average Bonchev–Trinajstić information content (AvgIpc) is 3.44. The highest BCUT2D eigenvalue weighted by atomic mass is 16.7. The first-order chi connectivity index (χ1) is 38.1. The van der Waals surface area contributed by atoms with Gasteiger partial charge >= 0.3 is 0 Å². The molecule has 2 saturated heterocycles. The van der Waals surface area contributed by atoms with Crippen LogP contribution >= 0.6 is 0 Å². The third kappa shape index (κ3) is 29.0. The molecule has 2 fully saturated rings. The summed E-state index contributed by atoms with van der Waals surface area (Å²) in [4.78, 5) is 0. The molecule has 0 aliphatic carbocycles. The molecular weight excluding hydrogens is 1060 g/mol. The molecule has 82 heavy (non-hydrogen) atoms. The Labute approximate surface area is 494 Å². The van der Waals surface area contributed by atoms with Crippen molar-refractivity contribution < 1.29 is 89.7 Å². The molecule has 0 spiro atoms. The minimum absolute atomic E-state index is 0.0150. The van der Waals surface area contributed by atoms with Crippen LogP contribution in [0.15, 0.2) is 34.9 Å². The van der Waals surface area contributed by atoms with E-state index >= 15 is 0 Å². The van der Waals surface area contributed by atoms with Gasteiger partial charge in [0.15, 0.2) is 12.6 Å². The Hall–Kier alpha value is -1.50.